The van der Waals surface area contributed by atoms with Crippen LogP contribution in [0, 0.1) is 12.7 Å². The number of hydrogen-bond donors (Lipinski definition) is 1. The third-order valence-corrected chi connectivity index (χ3v) is 3.61. The van der Waals surface area contributed by atoms with Crippen molar-refractivity contribution in [3.05, 3.63) is 71.8 Å². The molecule has 0 unspecified atom stereocenters. The van der Waals surface area contributed by atoms with Gasteiger partial charge in [-0.1, -0.05) is 18.2 Å². The van der Waals surface area contributed by atoms with Gasteiger partial charge in [0.2, 0.25) is 0 Å². The van der Waals surface area contributed by atoms with Crippen molar-refractivity contribution in [1.29, 1.82) is 0 Å². The molecule has 3 rings (SSSR count). The van der Waals surface area contributed by atoms with E-state index in [4.69, 9.17) is 0 Å². The van der Waals surface area contributed by atoms with Gasteiger partial charge in [-0.2, -0.15) is 13.9 Å². The minimum absolute atomic E-state index is 0.0279. The van der Waals surface area contributed by atoms with Crippen LogP contribution in [0.2, 0.25) is 0 Å². The Morgan fingerprint density at radius 1 is 1.23 bits per heavy atom. The van der Waals surface area contributed by atoms with Gasteiger partial charge in [-0.15, -0.1) is 0 Å². The Hall–Kier alpha value is -3.29. The van der Waals surface area contributed by atoms with Crippen molar-refractivity contribution >= 4 is 11.6 Å². The molecule has 0 bridgehead atoms. The van der Waals surface area contributed by atoms with Crippen molar-refractivity contribution in [2.75, 3.05) is 5.32 Å². The van der Waals surface area contributed by atoms with Gasteiger partial charge in [-0.3, -0.25) is 4.79 Å². The summed E-state index contributed by atoms with van der Waals surface area (Å²) in [4.78, 5) is 12.3. The number of nitrogens with one attached hydrogen (secondary N) is 1. The van der Waals surface area contributed by atoms with Crippen molar-refractivity contribution in [3.63, 3.8) is 0 Å². The minimum atomic E-state index is -2.96. The lowest BCUT2D eigenvalue weighted by Crippen LogP contribution is -2.12. The number of amides is 1. The van der Waals surface area contributed by atoms with Crippen LogP contribution < -0.4 is 10.1 Å². The lowest BCUT2D eigenvalue weighted by atomic mass is 10.2. The summed E-state index contributed by atoms with van der Waals surface area (Å²) >= 11 is 0. The maximum atomic E-state index is 13.8. The van der Waals surface area contributed by atoms with Gasteiger partial charge in [-0.25, -0.2) is 9.07 Å². The van der Waals surface area contributed by atoms with Gasteiger partial charge in [-0.05, 0) is 30.7 Å². The van der Waals surface area contributed by atoms with Gasteiger partial charge in [0.25, 0.3) is 5.91 Å². The molecule has 0 saturated heterocycles. The van der Waals surface area contributed by atoms with Crippen molar-refractivity contribution in [1.82, 2.24) is 9.78 Å². The smallest absolute Gasteiger partial charge is 0.387 e. The first kappa shape index (κ1) is 17.5. The van der Waals surface area contributed by atoms with Crippen LogP contribution in [-0.2, 0) is 0 Å². The highest BCUT2D eigenvalue weighted by Gasteiger charge is 2.13. The van der Waals surface area contributed by atoms with E-state index in [1.54, 1.807) is 31.2 Å². The first-order valence-electron chi connectivity index (χ1n) is 7.60. The molecule has 0 aliphatic carbocycles. The molecule has 1 amide bonds. The zero-order valence-corrected chi connectivity index (χ0v) is 13.6. The summed E-state index contributed by atoms with van der Waals surface area (Å²) in [7, 11) is 0. The largest absolute Gasteiger partial charge is 0.434 e. The Labute approximate surface area is 147 Å². The van der Waals surface area contributed by atoms with Gasteiger partial charge in [0.05, 0.1) is 11.8 Å². The molecule has 134 valence electrons. The standard InChI is InChI=1S/C18H14F3N3O2/c1-11-6-7-13(8-16(11)26-18(20)21)23-17(25)12-9-22-24(10-12)15-5-3-2-4-14(15)19/h2-10,18H,1H3,(H,23,25). The zero-order valence-electron chi connectivity index (χ0n) is 13.6. The Balaban J connectivity index is 1.78. The van der Waals surface area contributed by atoms with E-state index in [1.165, 1.54) is 35.3 Å². The zero-order chi connectivity index (χ0) is 18.7. The van der Waals surface area contributed by atoms with Crippen molar-refractivity contribution < 1.29 is 22.7 Å². The molecule has 0 spiro atoms. The normalized spacial score (nSPS) is 10.8. The van der Waals surface area contributed by atoms with E-state index in [-0.39, 0.29) is 22.7 Å². The molecular formula is C18H14F3N3O2. The summed E-state index contributed by atoms with van der Waals surface area (Å²) in [5.41, 5.74) is 1.19. The number of hydrogen-bond acceptors (Lipinski definition) is 3. The number of ether oxygens (including phenoxy) is 1. The number of nitrogens with zero attached hydrogens (tertiary/aromatic N) is 2. The summed E-state index contributed by atoms with van der Waals surface area (Å²) in [6.07, 6.45) is 2.66. The molecular weight excluding hydrogens is 347 g/mol. The van der Waals surface area contributed by atoms with Crippen LogP contribution in [0.3, 0.4) is 0 Å². The van der Waals surface area contributed by atoms with Crippen LogP contribution in [0.4, 0.5) is 18.9 Å². The van der Waals surface area contributed by atoms with Gasteiger partial charge in [0.1, 0.15) is 17.3 Å². The maximum absolute atomic E-state index is 13.8. The first-order valence-corrected chi connectivity index (χ1v) is 7.60. The number of alkyl halides is 2. The number of rotatable bonds is 5. The second-order valence-electron chi connectivity index (χ2n) is 5.44. The van der Waals surface area contributed by atoms with E-state index in [1.807, 2.05) is 0 Å². The van der Waals surface area contributed by atoms with Crippen LogP contribution in [-0.4, -0.2) is 22.3 Å². The fourth-order valence-electron chi connectivity index (χ4n) is 2.31. The molecule has 0 radical (unpaired) electrons. The maximum Gasteiger partial charge on any atom is 0.387 e. The summed E-state index contributed by atoms with van der Waals surface area (Å²) in [5, 5.41) is 6.54. The second kappa shape index (κ2) is 7.30. The lowest BCUT2D eigenvalue weighted by molar-refractivity contribution is -0.0502. The number of benzene rings is 2. The first-order chi connectivity index (χ1) is 12.4. The van der Waals surface area contributed by atoms with Crippen LogP contribution in [0.1, 0.15) is 15.9 Å². The van der Waals surface area contributed by atoms with Gasteiger partial charge >= 0.3 is 6.61 Å². The van der Waals surface area contributed by atoms with Crippen molar-refractivity contribution in [2.24, 2.45) is 0 Å². The molecule has 1 heterocycles. The molecule has 0 atom stereocenters. The number of aromatic nitrogens is 2. The molecule has 0 saturated carbocycles. The van der Waals surface area contributed by atoms with Crippen molar-refractivity contribution in [3.8, 4) is 11.4 Å². The molecule has 0 fully saturated rings. The predicted octanol–water partition coefficient (Wildman–Crippen LogP) is 4.17. The molecule has 0 aliphatic heterocycles. The number of halogens is 3. The molecule has 1 N–H and O–H groups in total. The second-order valence-corrected chi connectivity index (χ2v) is 5.44. The Kier molecular flexibility index (Phi) is 4.92. The number of para-hydroxylation sites is 1. The van der Waals surface area contributed by atoms with E-state index in [9.17, 15) is 18.0 Å². The van der Waals surface area contributed by atoms with Crippen molar-refractivity contribution in [2.45, 2.75) is 13.5 Å². The highest BCUT2D eigenvalue weighted by atomic mass is 19.3. The highest BCUT2D eigenvalue weighted by molar-refractivity contribution is 6.04. The van der Waals surface area contributed by atoms with Crippen LogP contribution >= 0.6 is 0 Å². The lowest BCUT2D eigenvalue weighted by Gasteiger charge is -2.10. The SMILES string of the molecule is Cc1ccc(NC(=O)c2cnn(-c3ccccc3F)c2)cc1OC(F)F. The fraction of sp³-hybridized carbons (Fsp3) is 0.111. The number of anilines is 1. The average molecular weight is 361 g/mol. The Morgan fingerprint density at radius 3 is 2.73 bits per heavy atom. The minimum Gasteiger partial charge on any atom is -0.434 e. The molecule has 3 aromatic rings. The summed E-state index contributed by atoms with van der Waals surface area (Å²) in [6.45, 7) is -1.35. The summed E-state index contributed by atoms with van der Waals surface area (Å²) in [6, 6.07) is 10.4. The van der Waals surface area contributed by atoms with Crippen LogP contribution in [0.25, 0.3) is 5.69 Å². The highest BCUT2D eigenvalue weighted by Crippen LogP contribution is 2.24. The third kappa shape index (κ3) is 3.85. The predicted molar refractivity (Wildman–Crippen MR) is 89.3 cm³/mol. The van der Waals surface area contributed by atoms with Crippen LogP contribution in [0.15, 0.2) is 54.9 Å². The van der Waals surface area contributed by atoms with E-state index in [0.717, 1.165) is 0 Å². The molecule has 26 heavy (non-hydrogen) atoms. The van der Waals surface area contributed by atoms with Gasteiger partial charge < -0.3 is 10.1 Å². The average Bonchev–Trinajstić information content (AvgIpc) is 3.08. The summed E-state index contributed by atoms with van der Waals surface area (Å²) in [5.74, 6) is -1.02. The van der Waals surface area contributed by atoms with Gasteiger partial charge in [0.15, 0.2) is 0 Å². The van der Waals surface area contributed by atoms with Crippen LogP contribution in [0.5, 0.6) is 5.75 Å². The summed E-state index contributed by atoms with van der Waals surface area (Å²) < 4.78 is 44.2. The number of aryl methyl sites for hydroxylation is 1. The molecule has 2 aromatic carbocycles. The molecule has 0 aliphatic rings. The van der Waals surface area contributed by atoms with Gasteiger partial charge in [0, 0.05) is 18.0 Å². The molecule has 8 heteroatoms. The quantitative estimate of drug-likeness (QED) is 0.742. The molecule has 5 nitrogen and oxygen atoms in total. The van der Waals surface area contributed by atoms with E-state index < -0.39 is 18.3 Å². The topological polar surface area (TPSA) is 56.2 Å². The number of carbonyl (C=O) groups is 1. The molecule has 1 aromatic heterocycles. The third-order valence-electron chi connectivity index (χ3n) is 3.61. The van der Waals surface area contributed by atoms with E-state index in [0.29, 0.717) is 5.56 Å². The Bertz CT molecular complexity index is 941. The number of carbonyl (C=O) groups excluding carboxylic acids is 1. The van der Waals surface area contributed by atoms with E-state index >= 15 is 0 Å². The fourth-order valence-corrected chi connectivity index (χ4v) is 2.31. The van der Waals surface area contributed by atoms with E-state index in [2.05, 4.69) is 15.2 Å². The monoisotopic (exact) mass is 361 g/mol. The Morgan fingerprint density at radius 2 is 2.00 bits per heavy atom.